The third-order valence-electron chi connectivity index (χ3n) is 2.13. The summed E-state index contributed by atoms with van der Waals surface area (Å²) >= 11 is 30.8. The van der Waals surface area contributed by atoms with Crippen molar-refractivity contribution in [1.82, 2.24) is 0 Å². The van der Waals surface area contributed by atoms with E-state index in [2.05, 4.69) is 13.8 Å². The van der Waals surface area contributed by atoms with Crippen molar-refractivity contribution in [3.8, 4) is 24.3 Å². The van der Waals surface area contributed by atoms with Crippen molar-refractivity contribution in [1.29, 1.82) is 21.0 Å². The van der Waals surface area contributed by atoms with E-state index in [1.54, 1.807) is 60.9 Å². The summed E-state index contributed by atoms with van der Waals surface area (Å²) < 4.78 is 3.10. The standard InChI is InChI=1S/C7H6N2S3.C6H10S3.C5H2N2S3.C5H8S3.8CH3.8K/c1-5(3-8)11-7(10)12-6(2)4-9;1-4-8-6(7)9-5(2)3;6-1-3-9-5(8)10-4-2-7;1-3-7-5(6)8-4-2;;;;;;;;;;;;;;;;/h1-2H3;4H,1-3H3;3-4H;3-4H,1-2H3;8*1H3;;;;;;;;/q4*-2;8*-1;8*+1. The maximum atomic E-state index is 8.43. The van der Waals surface area contributed by atoms with E-state index < -0.39 is 0 Å². The summed E-state index contributed by atoms with van der Waals surface area (Å²) in [5.74, 6) is 8.61. The van der Waals surface area contributed by atoms with Crippen LogP contribution in [-0.4, -0.2) is 14.1 Å². The Morgan fingerprint density at radius 1 is 0.418 bits per heavy atom. The molecule has 0 aliphatic carbocycles. The third-order valence-corrected chi connectivity index (χ3v) is 10.3. The van der Waals surface area contributed by atoms with Gasteiger partial charge in [-0.1, -0.05) is 73.1 Å². The first-order chi connectivity index (χ1) is 18.4. The number of hydrogen-bond acceptors (Lipinski definition) is 16. The summed E-state index contributed by atoms with van der Waals surface area (Å²) in [6.07, 6.45) is 0. The van der Waals surface area contributed by atoms with E-state index in [-0.39, 0.29) is 470 Å². The molecular weight excluding hydrogens is 1130 g/mol. The van der Waals surface area contributed by atoms with Crippen molar-refractivity contribution in [2.75, 3.05) is 0 Å². The Balaban J connectivity index is -0.0000000151. The molecule has 24 heteroatoms. The third kappa shape index (κ3) is 134. The second-order valence-corrected chi connectivity index (χ2v) is 19.1. The van der Waals surface area contributed by atoms with Crippen molar-refractivity contribution in [2.45, 2.75) is 48.5 Å². The maximum Gasteiger partial charge on any atom is 1.00 e. The maximum absolute atomic E-state index is 8.43. The predicted molar refractivity (Wildman–Crippen MR) is 256 cm³/mol. The summed E-state index contributed by atoms with van der Waals surface area (Å²) in [5, 5.41) is 35.5. The van der Waals surface area contributed by atoms with Gasteiger partial charge in [0.2, 0.25) is 0 Å². The molecule has 0 aromatic heterocycles. The van der Waals surface area contributed by atoms with Gasteiger partial charge in [-0.2, -0.15) is 48.5 Å². The molecule has 0 rings (SSSR count). The van der Waals surface area contributed by atoms with Crippen molar-refractivity contribution in [2.24, 2.45) is 0 Å². The van der Waals surface area contributed by atoms with Crippen LogP contribution in [0.25, 0.3) is 0 Å². The topological polar surface area (TPSA) is 95.2 Å². The number of hydrogen-bond donors (Lipinski definition) is 0. The van der Waals surface area contributed by atoms with Gasteiger partial charge in [-0.15, -0.1) is 0 Å². The molecule has 0 bridgehead atoms. The van der Waals surface area contributed by atoms with Crippen LogP contribution in [0.5, 0.6) is 0 Å². The minimum atomic E-state index is 0. The Hall–Kier alpha value is 13.7. The van der Waals surface area contributed by atoms with Gasteiger partial charge in [0, 0.05) is 14.1 Å². The van der Waals surface area contributed by atoms with Crippen LogP contribution in [0.2, 0.25) is 0 Å². The van der Waals surface area contributed by atoms with E-state index in [1.807, 2.05) is 62.3 Å². The first kappa shape index (κ1) is 133. The van der Waals surface area contributed by atoms with Crippen LogP contribution >= 0.6 is 143 Å². The van der Waals surface area contributed by atoms with Gasteiger partial charge >= 0.3 is 411 Å². The molecular formula is C31H50K8N4S12-8. The van der Waals surface area contributed by atoms with E-state index in [1.165, 1.54) is 40.3 Å². The molecule has 0 heterocycles. The van der Waals surface area contributed by atoms with Crippen LogP contribution < -0.4 is 411 Å². The van der Waals surface area contributed by atoms with E-state index in [0.29, 0.717) is 17.6 Å². The van der Waals surface area contributed by atoms with Crippen LogP contribution in [0.1, 0.15) is 48.5 Å². The number of rotatable bonds is 8. The Morgan fingerprint density at radius 2 is 0.655 bits per heavy atom. The summed E-state index contributed by atoms with van der Waals surface area (Å²) in [5.41, 5.74) is 0. The average molecular weight is 1180 g/mol. The van der Waals surface area contributed by atoms with E-state index in [4.69, 9.17) is 69.9 Å². The molecule has 0 unspecified atom stereocenters. The van der Waals surface area contributed by atoms with Gasteiger partial charge in [-0.3, -0.25) is 81.3 Å². The van der Waals surface area contributed by atoms with Crippen LogP contribution in [0.4, 0.5) is 0 Å². The summed E-state index contributed by atoms with van der Waals surface area (Å²) in [4.78, 5) is 0. The molecule has 0 saturated carbocycles. The quantitative estimate of drug-likeness (QED) is 0.131. The van der Waals surface area contributed by atoms with Crippen LogP contribution in [0.15, 0.2) is 0 Å². The molecule has 0 aromatic rings. The number of thiocarbonyl (C=S) groups is 4. The fraction of sp³-hybridized carbons (Fsp3) is 0.226. The first-order valence-corrected chi connectivity index (χ1v) is 18.4. The SMILES string of the molecule is C[C-](C#N)SC(=S)S[C-](C)C#N.C[CH-]SC(=S)S[C-](C)C.C[CH-]SC(=S)S[CH-]C.N#C[CH-]SC(=S)S[CH-]C#N.[CH3-].[CH3-].[CH3-].[CH3-].[CH3-].[CH3-].[CH3-].[CH3-].[K+].[K+].[K+].[K+].[K+].[K+].[K+].[K+]. The zero-order chi connectivity index (χ0) is 31.1. The monoisotopic (exact) mass is 1170 g/mol. The Labute approximate surface area is 742 Å². The first-order valence-electron chi connectivity index (χ1n) is 9.94. The van der Waals surface area contributed by atoms with Crippen LogP contribution in [0.3, 0.4) is 0 Å². The zero-order valence-electron chi connectivity index (χ0n) is 38.1. The Kier molecular flexibility index (Phi) is 272. The summed E-state index contributed by atoms with van der Waals surface area (Å²) in [6.45, 7) is 13.5. The molecule has 0 atom stereocenters. The number of nitrogens with zero attached hydrogens (tertiary/aromatic N) is 4. The molecule has 0 aromatic carbocycles. The molecule has 0 fully saturated rings. The van der Waals surface area contributed by atoms with E-state index >= 15 is 0 Å². The van der Waals surface area contributed by atoms with E-state index in [0.717, 1.165) is 30.6 Å². The van der Waals surface area contributed by atoms with Gasteiger partial charge in [-0.05, 0) is 0 Å². The van der Waals surface area contributed by atoms with E-state index in [9.17, 15) is 0 Å². The molecule has 282 valence electrons. The zero-order valence-corrected chi connectivity index (χ0v) is 72.9. The van der Waals surface area contributed by atoms with Crippen LogP contribution in [0, 0.1) is 149 Å². The van der Waals surface area contributed by atoms with Gasteiger partial charge in [0.15, 0.2) is 0 Å². The molecule has 55 heavy (non-hydrogen) atoms. The minimum absolute atomic E-state index is 0. The smallest absolute Gasteiger partial charge is 0.358 e. The van der Waals surface area contributed by atoms with Gasteiger partial charge in [0.05, 0.1) is 0 Å². The van der Waals surface area contributed by atoms with Crippen molar-refractivity contribution < 1.29 is 411 Å². The van der Waals surface area contributed by atoms with Crippen molar-refractivity contribution in [3.63, 3.8) is 0 Å². The molecule has 0 amide bonds. The van der Waals surface area contributed by atoms with Gasteiger partial charge < -0.3 is 94.7 Å². The predicted octanol–water partition coefficient (Wildman–Crippen LogP) is -8.78. The van der Waals surface area contributed by atoms with Crippen LogP contribution in [-0.2, 0) is 0 Å². The largest absolute Gasteiger partial charge is 1.00 e. The molecule has 0 saturated heterocycles. The van der Waals surface area contributed by atoms with Gasteiger partial charge in [0.25, 0.3) is 0 Å². The second-order valence-electron chi connectivity index (χ2n) is 5.34. The molecule has 0 aliphatic rings. The fourth-order valence-corrected chi connectivity index (χ4v) is 8.41. The Bertz CT molecular complexity index is 839. The molecule has 0 spiro atoms. The number of nitriles is 4. The summed E-state index contributed by atoms with van der Waals surface area (Å²) in [7, 11) is 0. The second kappa shape index (κ2) is 113. The van der Waals surface area contributed by atoms with Gasteiger partial charge in [0.1, 0.15) is 0 Å². The minimum Gasteiger partial charge on any atom is -0.358 e. The normalized spacial score (nSPS) is 6.04. The molecule has 4 nitrogen and oxygen atoms in total. The molecule has 0 radical (unpaired) electrons. The van der Waals surface area contributed by atoms with Crippen molar-refractivity contribution >= 4 is 157 Å². The average Bonchev–Trinajstić information content (AvgIpc) is 2.87. The van der Waals surface area contributed by atoms with Crippen molar-refractivity contribution in [3.05, 3.63) is 104 Å². The molecule has 0 N–H and O–H groups in total. The molecule has 0 aliphatic heterocycles. The summed E-state index contributed by atoms with van der Waals surface area (Å²) in [6, 6.07) is 7.58. The fourth-order valence-electron chi connectivity index (χ4n) is 1.00. The Morgan fingerprint density at radius 3 is 0.855 bits per heavy atom. The number of thioether (sulfide) groups is 8. The van der Waals surface area contributed by atoms with Gasteiger partial charge in [-0.25, -0.2) is 43.1 Å².